The molecule has 0 saturated carbocycles. The summed E-state index contributed by atoms with van der Waals surface area (Å²) in [6.07, 6.45) is -0.342. The molecule has 0 aliphatic heterocycles. The molecule has 17 heavy (non-hydrogen) atoms. The van der Waals surface area contributed by atoms with Crippen LogP contribution in [0.15, 0.2) is 34.1 Å². The molecule has 0 radical (unpaired) electrons. The van der Waals surface area contributed by atoms with Crippen LogP contribution in [0.3, 0.4) is 0 Å². The van der Waals surface area contributed by atoms with Gasteiger partial charge < -0.3 is 5.11 Å². The fourth-order valence-electron chi connectivity index (χ4n) is 1.73. The summed E-state index contributed by atoms with van der Waals surface area (Å²) in [6, 6.07) is 6.73. The van der Waals surface area contributed by atoms with Crippen LogP contribution in [-0.2, 0) is 6.42 Å². The minimum atomic E-state index is -0.640. The minimum Gasteiger partial charge on any atom is -0.387 e. The predicted octanol–water partition coefficient (Wildman–Crippen LogP) is 4.23. The fraction of sp³-hybridized carbons (Fsp3) is 0.231. The Balaban J connectivity index is 2.21. The summed E-state index contributed by atoms with van der Waals surface area (Å²) in [5.74, 6) is -0.276. The molecule has 1 aromatic heterocycles. The SMILES string of the molecule is Cc1ccsc1C(O)Cc1cc(Br)ccc1F. The lowest BCUT2D eigenvalue weighted by Crippen LogP contribution is -2.03. The third-order valence-corrected chi connectivity index (χ3v) is 4.24. The van der Waals surface area contributed by atoms with Crippen molar-refractivity contribution in [2.24, 2.45) is 0 Å². The molecule has 0 aliphatic rings. The molecule has 0 saturated heterocycles. The van der Waals surface area contributed by atoms with E-state index in [1.54, 1.807) is 12.1 Å². The molecule has 1 atom stereocenters. The van der Waals surface area contributed by atoms with Crippen LogP contribution in [0.25, 0.3) is 0 Å². The number of hydrogen-bond donors (Lipinski definition) is 1. The number of aliphatic hydroxyl groups excluding tert-OH is 1. The average Bonchev–Trinajstić information content (AvgIpc) is 2.70. The maximum absolute atomic E-state index is 13.5. The van der Waals surface area contributed by atoms with Crippen molar-refractivity contribution in [1.82, 2.24) is 0 Å². The van der Waals surface area contributed by atoms with Crippen molar-refractivity contribution in [3.8, 4) is 0 Å². The third kappa shape index (κ3) is 2.94. The van der Waals surface area contributed by atoms with Gasteiger partial charge in [-0.1, -0.05) is 15.9 Å². The first-order valence-electron chi connectivity index (χ1n) is 5.24. The maximum atomic E-state index is 13.5. The molecule has 0 spiro atoms. The molecule has 0 amide bonds. The van der Waals surface area contributed by atoms with E-state index in [4.69, 9.17) is 0 Å². The van der Waals surface area contributed by atoms with Crippen LogP contribution in [0.4, 0.5) is 4.39 Å². The van der Waals surface area contributed by atoms with Crippen LogP contribution in [-0.4, -0.2) is 5.11 Å². The van der Waals surface area contributed by atoms with Crippen molar-refractivity contribution in [2.75, 3.05) is 0 Å². The second-order valence-corrected chi connectivity index (χ2v) is 5.79. The first-order valence-corrected chi connectivity index (χ1v) is 6.91. The number of aliphatic hydroxyl groups is 1. The van der Waals surface area contributed by atoms with Crippen molar-refractivity contribution in [2.45, 2.75) is 19.4 Å². The number of benzene rings is 1. The molecule has 2 rings (SSSR count). The van der Waals surface area contributed by atoms with Crippen molar-refractivity contribution in [3.05, 3.63) is 55.9 Å². The number of hydrogen-bond acceptors (Lipinski definition) is 2. The Kier molecular flexibility index (Phi) is 3.97. The van der Waals surface area contributed by atoms with Gasteiger partial charge in [-0.3, -0.25) is 0 Å². The van der Waals surface area contributed by atoms with Gasteiger partial charge in [-0.25, -0.2) is 4.39 Å². The highest BCUT2D eigenvalue weighted by molar-refractivity contribution is 9.10. The average molecular weight is 315 g/mol. The summed E-state index contributed by atoms with van der Waals surface area (Å²) in [4.78, 5) is 0.907. The Morgan fingerprint density at radius 2 is 2.18 bits per heavy atom. The van der Waals surface area contributed by atoms with Crippen LogP contribution in [0, 0.1) is 12.7 Å². The Morgan fingerprint density at radius 3 is 2.82 bits per heavy atom. The summed E-state index contributed by atoms with van der Waals surface area (Å²) in [5.41, 5.74) is 1.58. The van der Waals surface area contributed by atoms with E-state index in [0.717, 1.165) is 14.9 Å². The van der Waals surface area contributed by atoms with Crippen LogP contribution in [0.2, 0.25) is 0 Å². The number of halogens is 2. The molecule has 90 valence electrons. The lowest BCUT2D eigenvalue weighted by molar-refractivity contribution is 0.180. The third-order valence-electron chi connectivity index (χ3n) is 2.63. The minimum absolute atomic E-state index is 0.276. The van der Waals surface area contributed by atoms with Crippen LogP contribution in [0.5, 0.6) is 0 Å². The molecule has 0 aliphatic carbocycles. The number of thiophene rings is 1. The Labute approximate surface area is 112 Å². The van der Waals surface area contributed by atoms with Gasteiger partial charge in [-0.15, -0.1) is 11.3 Å². The first kappa shape index (κ1) is 12.7. The topological polar surface area (TPSA) is 20.2 Å². The van der Waals surface area contributed by atoms with E-state index in [-0.39, 0.29) is 5.82 Å². The predicted molar refractivity (Wildman–Crippen MR) is 71.8 cm³/mol. The number of rotatable bonds is 3. The lowest BCUT2D eigenvalue weighted by atomic mass is 10.0. The zero-order chi connectivity index (χ0) is 12.4. The summed E-state index contributed by atoms with van der Waals surface area (Å²) in [6.45, 7) is 1.95. The molecule has 1 heterocycles. The van der Waals surface area contributed by atoms with Gasteiger partial charge in [0, 0.05) is 15.8 Å². The molecule has 0 bridgehead atoms. The highest BCUT2D eigenvalue weighted by atomic mass is 79.9. The van der Waals surface area contributed by atoms with Gasteiger partial charge in [0.15, 0.2) is 0 Å². The largest absolute Gasteiger partial charge is 0.387 e. The quantitative estimate of drug-likeness (QED) is 0.898. The molecule has 1 N–H and O–H groups in total. The monoisotopic (exact) mass is 314 g/mol. The Bertz CT molecular complexity index is 524. The summed E-state index contributed by atoms with van der Waals surface area (Å²) in [5, 5.41) is 12.0. The van der Waals surface area contributed by atoms with E-state index in [1.807, 2.05) is 18.4 Å². The molecule has 2 aromatic rings. The smallest absolute Gasteiger partial charge is 0.126 e. The zero-order valence-corrected chi connectivity index (χ0v) is 11.7. The number of aryl methyl sites for hydroxylation is 1. The first-order chi connectivity index (χ1) is 8.08. The van der Waals surface area contributed by atoms with Crippen LogP contribution in [0.1, 0.15) is 22.1 Å². The second kappa shape index (κ2) is 5.29. The molecule has 0 fully saturated rings. The van der Waals surface area contributed by atoms with E-state index in [2.05, 4.69) is 15.9 Å². The van der Waals surface area contributed by atoms with Crippen LogP contribution < -0.4 is 0 Å². The van der Waals surface area contributed by atoms with Gasteiger partial charge in [-0.2, -0.15) is 0 Å². The second-order valence-electron chi connectivity index (χ2n) is 3.92. The van der Waals surface area contributed by atoms with Gasteiger partial charge in [0.05, 0.1) is 6.10 Å². The summed E-state index contributed by atoms with van der Waals surface area (Å²) < 4.78 is 14.4. The van der Waals surface area contributed by atoms with Gasteiger partial charge >= 0.3 is 0 Å². The van der Waals surface area contributed by atoms with Gasteiger partial charge in [0.2, 0.25) is 0 Å². The Morgan fingerprint density at radius 1 is 1.41 bits per heavy atom. The lowest BCUT2D eigenvalue weighted by Gasteiger charge is -2.11. The van der Waals surface area contributed by atoms with E-state index >= 15 is 0 Å². The standard InChI is InChI=1S/C13H12BrFOS/c1-8-4-5-17-13(8)12(16)7-9-6-10(14)2-3-11(9)15/h2-6,12,16H,7H2,1H3. The zero-order valence-electron chi connectivity index (χ0n) is 9.28. The summed E-state index contributed by atoms with van der Waals surface area (Å²) in [7, 11) is 0. The molecule has 1 unspecified atom stereocenters. The molecular formula is C13H12BrFOS. The van der Waals surface area contributed by atoms with E-state index in [0.29, 0.717) is 12.0 Å². The van der Waals surface area contributed by atoms with Crippen molar-refractivity contribution in [3.63, 3.8) is 0 Å². The van der Waals surface area contributed by atoms with Gasteiger partial charge in [-0.05, 0) is 47.7 Å². The normalized spacial score (nSPS) is 12.7. The molecular weight excluding hydrogens is 303 g/mol. The van der Waals surface area contributed by atoms with Crippen molar-refractivity contribution >= 4 is 27.3 Å². The van der Waals surface area contributed by atoms with Crippen LogP contribution >= 0.6 is 27.3 Å². The van der Waals surface area contributed by atoms with Crippen molar-refractivity contribution in [1.29, 1.82) is 0 Å². The van der Waals surface area contributed by atoms with Gasteiger partial charge in [0.25, 0.3) is 0 Å². The highest BCUT2D eigenvalue weighted by Gasteiger charge is 2.15. The molecule has 1 nitrogen and oxygen atoms in total. The summed E-state index contributed by atoms with van der Waals surface area (Å²) >= 11 is 4.81. The van der Waals surface area contributed by atoms with E-state index < -0.39 is 6.10 Å². The molecule has 1 aromatic carbocycles. The fourth-order valence-corrected chi connectivity index (χ4v) is 3.05. The molecule has 4 heteroatoms. The Hall–Kier alpha value is -0.710. The highest BCUT2D eigenvalue weighted by Crippen LogP contribution is 2.28. The van der Waals surface area contributed by atoms with E-state index in [1.165, 1.54) is 17.4 Å². The van der Waals surface area contributed by atoms with Crippen molar-refractivity contribution < 1.29 is 9.50 Å². The van der Waals surface area contributed by atoms with E-state index in [9.17, 15) is 9.50 Å². The van der Waals surface area contributed by atoms with Gasteiger partial charge in [0.1, 0.15) is 5.82 Å². The maximum Gasteiger partial charge on any atom is 0.126 e.